The second-order valence-corrected chi connectivity index (χ2v) is 8.20. The zero-order valence-electron chi connectivity index (χ0n) is 16.6. The van der Waals surface area contributed by atoms with Crippen molar-refractivity contribution in [3.05, 3.63) is 64.3 Å². The molecule has 0 amide bonds. The minimum Gasteiger partial charge on any atom is -0.346 e. The quantitative estimate of drug-likeness (QED) is 0.717. The lowest BCUT2D eigenvalue weighted by Gasteiger charge is -2.38. The van der Waals surface area contributed by atoms with Gasteiger partial charge in [0.2, 0.25) is 5.96 Å². The Morgan fingerprint density at radius 1 is 1.21 bits per heavy atom. The molecular weight excluding hydrogens is 384 g/mol. The van der Waals surface area contributed by atoms with Crippen LogP contribution in [-0.4, -0.2) is 57.4 Å². The number of aromatic amines is 1. The van der Waals surface area contributed by atoms with Gasteiger partial charge in [-0.25, -0.2) is 9.98 Å². The number of aryl methyl sites for hydroxylation is 1. The first-order valence-electron chi connectivity index (χ1n) is 9.90. The number of guanidine groups is 1. The molecule has 7 heteroatoms. The number of aromatic nitrogens is 3. The van der Waals surface area contributed by atoms with E-state index in [1.54, 1.807) is 6.20 Å². The maximum Gasteiger partial charge on any atom is 0.201 e. The maximum absolute atomic E-state index is 6.13. The summed E-state index contributed by atoms with van der Waals surface area (Å²) in [6, 6.07) is 6.25. The monoisotopic (exact) mass is 406 g/mol. The Labute approximate surface area is 174 Å². The Bertz CT molecular complexity index is 1150. The lowest BCUT2D eigenvalue weighted by molar-refractivity contribution is 0.300. The third kappa shape index (κ3) is 3.38. The molecule has 0 spiro atoms. The van der Waals surface area contributed by atoms with Crippen molar-refractivity contribution in [2.45, 2.75) is 19.8 Å². The number of aliphatic imine (C=N–C) groups is 1. The molecule has 2 aliphatic rings. The van der Waals surface area contributed by atoms with Crippen molar-refractivity contribution in [3.63, 3.8) is 0 Å². The highest BCUT2D eigenvalue weighted by atomic mass is 35.5. The maximum atomic E-state index is 6.13. The van der Waals surface area contributed by atoms with Crippen LogP contribution in [0.25, 0.3) is 16.6 Å². The molecule has 0 aromatic carbocycles. The molecule has 0 bridgehead atoms. The van der Waals surface area contributed by atoms with Crippen molar-refractivity contribution >= 4 is 34.2 Å². The van der Waals surface area contributed by atoms with Crippen LogP contribution in [-0.2, 0) is 6.42 Å². The summed E-state index contributed by atoms with van der Waals surface area (Å²) in [5.41, 5.74) is 6.45. The Hall–Kier alpha value is -2.86. The van der Waals surface area contributed by atoms with Crippen molar-refractivity contribution in [2.24, 2.45) is 4.99 Å². The fourth-order valence-corrected chi connectivity index (χ4v) is 4.30. The molecule has 1 saturated heterocycles. The van der Waals surface area contributed by atoms with E-state index in [2.05, 4.69) is 50.9 Å². The second-order valence-electron chi connectivity index (χ2n) is 7.76. The lowest BCUT2D eigenvalue weighted by atomic mass is 10.0. The summed E-state index contributed by atoms with van der Waals surface area (Å²) in [7, 11) is 2.11. The molecule has 0 unspecified atom stereocenters. The van der Waals surface area contributed by atoms with Gasteiger partial charge in [0.15, 0.2) is 0 Å². The minimum absolute atomic E-state index is 0.649. The van der Waals surface area contributed by atoms with Crippen LogP contribution in [0, 0.1) is 6.92 Å². The van der Waals surface area contributed by atoms with Crippen LogP contribution in [0.5, 0.6) is 0 Å². The number of pyridine rings is 2. The third-order valence-electron chi connectivity index (χ3n) is 5.73. The molecule has 1 N–H and O–H groups in total. The van der Waals surface area contributed by atoms with Gasteiger partial charge in [-0.1, -0.05) is 17.7 Å². The topological polar surface area (TPSA) is 60.4 Å². The summed E-state index contributed by atoms with van der Waals surface area (Å²) in [5.74, 6) is 1.07. The molecule has 0 saturated carbocycles. The Kier molecular flexibility index (Phi) is 4.51. The number of nitrogens with one attached hydrogen (secondary N) is 1. The number of nitrogens with zero attached hydrogens (tertiary/aromatic N) is 5. The van der Waals surface area contributed by atoms with E-state index in [9.17, 15) is 0 Å². The zero-order chi connectivity index (χ0) is 20.0. The summed E-state index contributed by atoms with van der Waals surface area (Å²) < 4.78 is 0. The van der Waals surface area contributed by atoms with E-state index in [-0.39, 0.29) is 0 Å². The molecule has 29 heavy (non-hydrogen) atoms. The highest BCUT2D eigenvalue weighted by Crippen LogP contribution is 2.26. The van der Waals surface area contributed by atoms with Crippen LogP contribution < -0.4 is 0 Å². The summed E-state index contributed by atoms with van der Waals surface area (Å²) in [6.07, 6.45) is 7.60. The molecule has 0 aliphatic carbocycles. The van der Waals surface area contributed by atoms with Gasteiger partial charge in [-0.3, -0.25) is 4.98 Å². The first-order valence-corrected chi connectivity index (χ1v) is 10.3. The normalized spacial score (nSPS) is 16.7. The molecule has 5 rings (SSSR count). The van der Waals surface area contributed by atoms with Crippen LogP contribution in [0.15, 0.2) is 41.8 Å². The molecule has 1 fully saturated rings. The van der Waals surface area contributed by atoms with Crippen LogP contribution >= 0.6 is 11.6 Å². The van der Waals surface area contributed by atoms with Gasteiger partial charge in [-0.05, 0) is 36.6 Å². The number of hydrogen-bond donors (Lipinski definition) is 1. The first kappa shape index (κ1) is 18.2. The number of hydrogen-bond acceptors (Lipinski definition) is 5. The molecule has 5 heterocycles. The van der Waals surface area contributed by atoms with Crippen LogP contribution in [0.3, 0.4) is 0 Å². The summed E-state index contributed by atoms with van der Waals surface area (Å²) >= 11 is 6.13. The Morgan fingerprint density at radius 3 is 2.97 bits per heavy atom. The van der Waals surface area contributed by atoms with E-state index in [1.165, 1.54) is 16.7 Å². The fraction of sp³-hybridized carbons (Fsp3) is 0.318. The van der Waals surface area contributed by atoms with E-state index in [4.69, 9.17) is 16.6 Å². The number of H-pyrrole nitrogens is 1. The SMILES string of the molecule is Cc1nc(C2=CN=C3N(C)CCCN3C2)ccc1Cc1c[nH]c2ncc(Cl)cc12. The molecular formula is C22H23ClN6. The van der Waals surface area contributed by atoms with Gasteiger partial charge < -0.3 is 14.8 Å². The van der Waals surface area contributed by atoms with Crippen molar-refractivity contribution in [2.75, 3.05) is 26.7 Å². The van der Waals surface area contributed by atoms with Crippen molar-refractivity contribution in [3.8, 4) is 0 Å². The van der Waals surface area contributed by atoms with Gasteiger partial charge in [0.25, 0.3) is 0 Å². The molecule has 2 aliphatic heterocycles. The minimum atomic E-state index is 0.649. The van der Waals surface area contributed by atoms with Gasteiger partial charge in [0.05, 0.1) is 10.7 Å². The average molecular weight is 407 g/mol. The van der Waals surface area contributed by atoms with E-state index >= 15 is 0 Å². The molecule has 0 atom stereocenters. The standard InChI is InChI=1S/C22H23ClN6/c1-14-15(8-16-10-24-21-19(16)9-18(23)12-25-21)4-5-20(27-14)17-11-26-22-28(2)6-3-7-29(22)13-17/h4-5,9-12H,3,6-8,13H2,1-2H3,(H,24,25). The zero-order valence-corrected chi connectivity index (χ0v) is 17.4. The van der Waals surface area contributed by atoms with E-state index in [0.717, 1.165) is 60.9 Å². The van der Waals surface area contributed by atoms with Crippen LogP contribution in [0.2, 0.25) is 5.02 Å². The predicted molar refractivity (Wildman–Crippen MR) is 117 cm³/mol. The van der Waals surface area contributed by atoms with Crippen LogP contribution in [0.4, 0.5) is 0 Å². The average Bonchev–Trinajstić information content (AvgIpc) is 3.11. The van der Waals surface area contributed by atoms with Gasteiger partial charge in [0.1, 0.15) is 5.65 Å². The number of halogens is 1. The summed E-state index contributed by atoms with van der Waals surface area (Å²) in [5, 5.41) is 1.71. The highest BCUT2D eigenvalue weighted by Gasteiger charge is 2.25. The molecule has 3 aromatic rings. The number of rotatable bonds is 3. The number of fused-ring (bicyclic) bond motifs is 2. The molecule has 148 valence electrons. The third-order valence-corrected chi connectivity index (χ3v) is 5.94. The molecule has 6 nitrogen and oxygen atoms in total. The summed E-state index contributed by atoms with van der Waals surface area (Å²) in [4.78, 5) is 21.7. The van der Waals surface area contributed by atoms with Crippen molar-refractivity contribution in [1.82, 2.24) is 24.8 Å². The van der Waals surface area contributed by atoms with Crippen molar-refractivity contribution < 1.29 is 0 Å². The van der Waals surface area contributed by atoms with E-state index < -0.39 is 0 Å². The fourth-order valence-electron chi connectivity index (χ4n) is 4.14. The Morgan fingerprint density at radius 2 is 2.10 bits per heavy atom. The first-order chi connectivity index (χ1) is 14.1. The Balaban J connectivity index is 1.41. The van der Waals surface area contributed by atoms with Gasteiger partial charge in [0, 0.05) is 68.3 Å². The van der Waals surface area contributed by atoms with Crippen LogP contribution in [0.1, 0.15) is 28.9 Å². The van der Waals surface area contributed by atoms with Gasteiger partial charge in [-0.2, -0.15) is 0 Å². The van der Waals surface area contributed by atoms with Gasteiger partial charge in [-0.15, -0.1) is 0 Å². The van der Waals surface area contributed by atoms with E-state index in [1.807, 2.05) is 18.5 Å². The highest BCUT2D eigenvalue weighted by molar-refractivity contribution is 6.31. The second kappa shape index (κ2) is 7.19. The molecule has 3 aromatic heterocycles. The lowest BCUT2D eigenvalue weighted by Crippen LogP contribution is -2.49. The van der Waals surface area contributed by atoms with Gasteiger partial charge >= 0.3 is 0 Å². The predicted octanol–water partition coefficient (Wildman–Crippen LogP) is 3.86. The van der Waals surface area contributed by atoms with Crippen molar-refractivity contribution in [1.29, 1.82) is 0 Å². The summed E-state index contributed by atoms with van der Waals surface area (Å²) in [6.45, 7) is 5.06. The van der Waals surface area contributed by atoms with E-state index in [0.29, 0.717) is 5.02 Å². The smallest absolute Gasteiger partial charge is 0.201 e. The largest absolute Gasteiger partial charge is 0.346 e. The molecule has 0 radical (unpaired) electrons.